The molecule has 0 aromatic heterocycles. The maximum Gasteiger partial charge on any atom is 0.308 e. The number of rotatable bonds is 5. The third-order valence-corrected chi connectivity index (χ3v) is 3.20. The summed E-state index contributed by atoms with van der Waals surface area (Å²) in [6, 6.07) is 2.07. The molecule has 0 radical (unpaired) electrons. The van der Waals surface area contributed by atoms with Gasteiger partial charge in [0.2, 0.25) is 0 Å². The van der Waals surface area contributed by atoms with Crippen molar-refractivity contribution in [1.82, 2.24) is 0 Å². The molecule has 0 heterocycles. The molecule has 104 valence electrons. The molecule has 0 fully saturated rings. The minimum absolute atomic E-state index is 0.0776. The van der Waals surface area contributed by atoms with Crippen molar-refractivity contribution < 1.29 is 19.2 Å². The Balaban J connectivity index is 3.14. The van der Waals surface area contributed by atoms with Crippen LogP contribution in [-0.2, 0) is 4.79 Å². The Morgan fingerprint density at radius 3 is 2.68 bits per heavy atom. The topological polar surface area (TPSA) is 83.7 Å². The van der Waals surface area contributed by atoms with Gasteiger partial charge in [-0.2, -0.15) is 0 Å². The van der Waals surface area contributed by atoms with Crippen LogP contribution in [0.5, 0.6) is 0 Å². The van der Waals surface area contributed by atoms with Crippen molar-refractivity contribution in [3.05, 3.63) is 32.5 Å². The monoisotopic (exact) mass is 334 g/mol. The van der Waals surface area contributed by atoms with E-state index in [0.29, 0.717) is 0 Å². The van der Waals surface area contributed by atoms with E-state index in [2.05, 4.69) is 15.9 Å². The molecule has 0 amide bonds. The summed E-state index contributed by atoms with van der Waals surface area (Å²) >= 11 is 2.95. The number of nitro benzene ring substituents is 1. The summed E-state index contributed by atoms with van der Waals surface area (Å²) in [4.78, 5) is 22.4. The standard InChI is InChI=1S/C11H12BrFN2O4/c1-6(11(16)17)5-14(2)9-3-7(12)8(13)4-10(9)15(18)19/h3-4,6H,5H2,1-2H3,(H,16,17). The van der Waals surface area contributed by atoms with E-state index < -0.39 is 28.3 Å². The lowest BCUT2D eigenvalue weighted by atomic mass is 10.1. The molecule has 0 aliphatic rings. The zero-order valence-corrected chi connectivity index (χ0v) is 11.8. The molecule has 1 aromatic carbocycles. The Morgan fingerprint density at radius 1 is 1.63 bits per heavy atom. The van der Waals surface area contributed by atoms with Gasteiger partial charge in [0, 0.05) is 13.6 Å². The second kappa shape index (κ2) is 5.96. The lowest BCUT2D eigenvalue weighted by Crippen LogP contribution is -2.28. The molecule has 0 saturated heterocycles. The Kier molecular flexibility index (Phi) is 4.82. The summed E-state index contributed by atoms with van der Waals surface area (Å²) in [6.07, 6.45) is 0. The van der Waals surface area contributed by atoms with Crippen LogP contribution in [0.25, 0.3) is 0 Å². The summed E-state index contributed by atoms with van der Waals surface area (Å²) < 4.78 is 13.4. The number of hydrogen-bond acceptors (Lipinski definition) is 4. The third kappa shape index (κ3) is 3.63. The number of carbonyl (C=O) groups is 1. The fourth-order valence-electron chi connectivity index (χ4n) is 1.57. The SMILES string of the molecule is CC(CN(C)c1cc(Br)c(F)cc1[N+](=O)[O-])C(=O)O. The van der Waals surface area contributed by atoms with Gasteiger partial charge in [-0.3, -0.25) is 14.9 Å². The lowest BCUT2D eigenvalue weighted by Gasteiger charge is -2.21. The first-order valence-electron chi connectivity index (χ1n) is 5.31. The normalized spacial score (nSPS) is 12.0. The van der Waals surface area contributed by atoms with Crippen LogP contribution in [0.4, 0.5) is 15.8 Å². The molecule has 8 heteroatoms. The smallest absolute Gasteiger partial charge is 0.308 e. The fraction of sp³-hybridized carbons (Fsp3) is 0.364. The van der Waals surface area contributed by atoms with Crippen molar-refractivity contribution in [3.8, 4) is 0 Å². The van der Waals surface area contributed by atoms with Gasteiger partial charge < -0.3 is 10.0 Å². The van der Waals surface area contributed by atoms with Gasteiger partial charge in [-0.1, -0.05) is 6.92 Å². The summed E-state index contributed by atoms with van der Waals surface area (Å²) in [5.74, 6) is -2.45. The highest BCUT2D eigenvalue weighted by molar-refractivity contribution is 9.10. The van der Waals surface area contributed by atoms with Crippen LogP contribution < -0.4 is 4.90 Å². The molecule has 1 N–H and O–H groups in total. The minimum Gasteiger partial charge on any atom is -0.481 e. The summed E-state index contributed by atoms with van der Waals surface area (Å²) in [5, 5.41) is 19.7. The average molecular weight is 335 g/mol. The highest BCUT2D eigenvalue weighted by Crippen LogP contribution is 2.33. The van der Waals surface area contributed by atoms with Gasteiger partial charge in [0.1, 0.15) is 11.5 Å². The van der Waals surface area contributed by atoms with Crippen LogP contribution in [-0.4, -0.2) is 29.6 Å². The predicted octanol–water partition coefficient (Wildman–Crippen LogP) is 2.65. The van der Waals surface area contributed by atoms with E-state index >= 15 is 0 Å². The minimum atomic E-state index is -1.00. The van der Waals surface area contributed by atoms with E-state index in [9.17, 15) is 19.3 Å². The summed E-state index contributed by atoms with van der Waals surface area (Å²) in [7, 11) is 1.52. The quantitative estimate of drug-likeness (QED) is 0.661. The van der Waals surface area contributed by atoms with E-state index in [1.165, 1.54) is 24.9 Å². The third-order valence-electron chi connectivity index (χ3n) is 2.59. The van der Waals surface area contributed by atoms with Crippen LogP contribution in [0.2, 0.25) is 0 Å². The van der Waals surface area contributed by atoms with Gasteiger partial charge in [0.25, 0.3) is 5.69 Å². The van der Waals surface area contributed by atoms with Crippen LogP contribution in [0.15, 0.2) is 16.6 Å². The number of hydrogen-bond donors (Lipinski definition) is 1. The Bertz CT molecular complexity index is 524. The van der Waals surface area contributed by atoms with E-state index in [0.717, 1.165) is 6.07 Å². The highest BCUT2D eigenvalue weighted by Gasteiger charge is 2.23. The van der Waals surface area contributed by atoms with Crippen molar-refractivity contribution in [2.45, 2.75) is 6.92 Å². The molecule has 0 bridgehead atoms. The molecule has 0 spiro atoms. The molecule has 6 nitrogen and oxygen atoms in total. The molecule has 1 aromatic rings. The van der Waals surface area contributed by atoms with Crippen molar-refractivity contribution in [2.24, 2.45) is 5.92 Å². The van der Waals surface area contributed by atoms with Gasteiger partial charge in [0.05, 0.1) is 21.4 Å². The first-order chi connectivity index (χ1) is 8.73. The number of nitro groups is 1. The van der Waals surface area contributed by atoms with Gasteiger partial charge >= 0.3 is 5.97 Å². The fourth-order valence-corrected chi connectivity index (χ4v) is 1.90. The van der Waals surface area contributed by atoms with Crippen LogP contribution >= 0.6 is 15.9 Å². The van der Waals surface area contributed by atoms with Crippen molar-refractivity contribution >= 4 is 33.3 Å². The van der Waals surface area contributed by atoms with E-state index in [1.54, 1.807) is 0 Å². The Morgan fingerprint density at radius 2 is 2.21 bits per heavy atom. The second-order valence-electron chi connectivity index (χ2n) is 4.13. The molecule has 0 aliphatic heterocycles. The molecule has 0 aliphatic carbocycles. The van der Waals surface area contributed by atoms with Gasteiger partial charge in [0.15, 0.2) is 0 Å². The van der Waals surface area contributed by atoms with E-state index in [4.69, 9.17) is 5.11 Å². The first-order valence-corrected chi connectivity index (χ1v) is 6.10. The summed E-state index contributed by atoms with van der Waals surface area (Å²) in [5.41, 5.74) is -0.243. The number of benzene rings is 1. The molecule has 1 rings (SSSR count). The summed E-state index contributed by atoms with van der Waals surface area (Å²) in [6.45, 7) is 1.57. The van der Waals surface area contributed by atoms with Gasteiger partial charge in [-0.05, 0) is 22.0 Å². The number of nitrogens with zero attached hydrogens (tertiary/aromatic N) is 2. The molecule has 0 saturated carbocycles. The maximum atomic E-state index is 13.3. The average Bonchev–Trinajstić information content (AvgIpc) is 2.31. The zero-order valence-electron chi connectivity index (χ0n) is 10.3. The predicted molar refractivity (Wildman–Crippen MR) is 70.8 cm³/mol. The molecular weight excluding hydrogens is 323 g/mol. The largest absolute Gasteiger partial charge is 0.481 e. The van der Waals surface area contributed by atoms with Crippen molar-refractivity contribution in [2.75, 3.05) is 18.5 Å². The first kappa shape index (κ1) is 15.4. The number of halogens is 2. The molecular formula is C11H12BrFN2O4. The number of aliphatic carboxylic acids is 1. The van der Waals surface area contributed by atoms with Crippen molar-refractivity contribution in [3.63, 3.8) is 0 Å². The maximum absolute atomic E-state index is 13.3. The molecule has 1 atom stereocenters. The van der Waals surface area contributed by atoms with Crippen LogP contribution in [0.3, 0.4) is 0 Å². The zero-order chi connectivity index (χ0) is 14.7. The number of carboxylic acid groups (broad SMARTS) is 1. The van der Waals surface area contributed by atoms with Gasteiger partial charge in [-0.25, -0.2) is 4.39 Å². The van der Waals surface area contributed by atoms with Crippen molar-refractivity contribution in [1.29, 1.82) is 0 Å². The lowest BCUT2D eigenvalue weighted by molar-refractivity contribution is -0.384. The Labute approximate surface area is 117 Å². The highest BCUT2D eigenvalue weighted by atomic mass is 79.9. The van der Waals surface area contributed by atoms with Crippen LogP contribution in [0, 0.1) is 21.8 Å². The number of anilines is 1. The number of carboxylic acids is 1. The van der Waals surface area contributed by atoms with Gasteiger partial charge in [-0.15, -0.1) is 0 Å². The molecule has 19 heavy (non-hydrogen) atoms. The van der Waals surface area contributed by atoms with Crippen LogP contribution in [0.1, 0.15) is 6.92 Å². The molecule has 1 unspecified atom stereocenters. The van der Waals surface area contributed by atoms with E-state index in [-0.39, 0.29) is 16.7 Å². The second-order valence-corrected chi connectivity index (χ2v) is 4.99. The van der Waals surface area contributed by atoms with E-state index in [1.807, 2.05) is 0 Å². The Hall–Kier alpha value is -1.70.